The fourth-order valence-electron chi connectivity index (χ4n) is 3.35. The van der Waals surface area contributed by atoms with E-state index in [1.54, 1.807) is 4.90 Å². The van der Waals surface area contributed by atoms with E-state index < -0.39 is 17.5 Å². The summed E-state index contributed by atoms with van der Waals surface area (Å²) < 4.78 is 26.3. The van der Waals surface area contributed by atoms with Gasteiger partial charge in [0, 0.05) is 30.4 Å². The van der Waals surface area contributed by atoms with E-state index in [1.165, 1.54) is 53.8 Å². The summed E-state index contributed by atoms with van der Waals surface area (Å²) >= 11 is 6.93. The summed E-state index contributed by atoms with van der Waals surface area (Å²) in [4.78, 5) is 26.7. The van der Waals surface area contributed by atoms with Crippen molar-refractivity contribution in [3.8, 4) is 0 Å². The number of hydrogen-bond donors (Lipinski definition) is 2. The molecule has 0 unspecified atom stereocenters. The molecule has 0 saturated carbocycles. The maximum atomic E-state index is 13.3. The van der Waals surface area contributed by atoms with Gasteiger partial charge in [-0.25, -0.2) is 13.6 Å². The van der Waals surface area contributed by atoms with Crippen LogP contribution in [0.5, 0.6) is 0 Å². The minimum atomic E-state index is -0.557. The van der Waals surface area contributed by atoms with Gasteiger partial charge in [-0.05, 0) is 55.3 Å². The molecular weight excluding hydrogens is 460 g/mol. The Morgan fingerprint density at radius 3 is 2.56 bits per heavy atom. The molecule has 0 spiro atoms. The molecule has 1 fully saturated rings. The lowest BCUT2D eigenvalue weighted by atomic mass is 9.99. The number of aromatic nitrogens is 2. The monoisotopic (exact) mass is 477 g/mol. The molecule has 3 amide bonds. The molecule has 11 heteroatoms. The van der Waals surface area contributed by atoms with Gasteiger partial charge in [0.15, 0.2) is 0 Å². The van der Waals surface area contributed by atoms with Crippen LogP contribution in [0.1, 0.15) is 33.6 Å². The Bertz CT molecular complexity index is 1140. The minimum absolute atomic E-state index is 0.0591. The van der Waals surface area contributed by atoms with Gasteiger partial charge < -0.3 is 15.5 Å². The number of amides is 3. The lowest BCUT2D eigenvalue weighted by Crippen LogP contribution is -2.41. The van der Waals surface area contributed by atoms with Crippen LogP contribution in [0.2, 0.25) is 5.02 Å². The Morgan fingerprint density at radius 1 is 1.06 bits per heavy atom. The van der Waals surface area contributed by atoms with Gasteiger partial charge in [0.25, 0.3) is 5.91 Å². The van der Waals surface area contributed by atoms with Gasteiger partial charge >= 0.3 is 6.03 Å². The van der Waals surface area contributed by atoms with Gasteiger partial charge in [-0.3, -0.25) is 4.79 Å². The Labute approximate surface area is 191 Å². The number of nitrogens with one attached hydrogen (secondary N) is 2. The molecule has 2 N–H and O–H groups in total. The zero-order valence-electron chi connectivity index (χ0n) is 16.6. The molecule has 7 nitrogen and oxygen atoms in total. The highest BCUT2D eigenvalue weighted by molar-refractivity contribution is 7.13. The SMILES string of the molecule is O=C(Nc1ccc(F)cc1)c1nnc([C@@H]2CCCN(C(=O)Nc3ccc(F)c(Cl)c3)C2)s1. The smallest absolute Gasteiger partial charge is 0.321 e. The van der Waals surface area contributed by atoms with E-state index in [1.807, 2.05) is 0 Å². The molecule has 1 aliphatic rings. The Balaban J connectivity index is 1.38. The van der Waals surface area contributed by atoms with Gasteiger partial charge in [-0.2, -0.15) is 0 Å². The van der Waals surface area contributed by atoms with E-state index in [2.05, 4.69) is 20.8 Å². The minimum Gasteiger partial charge on any atom is -0.324 e. The normalized spacial score (nSPS) is 16.0. The van der Waals surface area contributed by atoms with Crippen molar-refractivity contribution in [2.75, 3.05) is 23.7 Å². The third-order valence-electron chi connectivity index (χ3n) is 4.97. The Morgan fingerprint density at radius 2 is 1.81 bits per heavy atom. The molecule has 1 aliphatic heterocycles. The number of urea groups is 1. The first-order valence-corrected chi connectivity index (χ1v) is 11.0. The fourth-order valence-corrected chi connectivity index (χ4v) is 4.39. The van der Waals surface area contributed by atoms with Crippen molar-refractivity contribution in [1.82, 2.24) is 15.1 Å². The van der Waals surface area contributed by atoms with Crippen LogP contribution in [0.15, 0.2) is 42.5 Å². The molecule has 1 saturated heterocycles. The zero-order valence-corrected chi connectivity index (χ0v) is 18.2. The summed E-state index contributed by atoms with van der Waals surface area (Å²) in [6.45, 7) is 0.975. The number of nitrogens with zero attached hydrogens (tertiary/aromatic N) is 3. The van der Waals surface area contributed by atoms with Gasteiger partial charge in [-0.15, -0.1) is 10.2 Å². The Hall–Kier alpha value is -3.11. The maximum Gasteiger partial charge on any atom is 0.321 e. The highest BCUT2D eigenvalue weighted by Crippen LogP contribution is 2.30. The summed E-state index contributed by atoms with van der Waals surface area (Å²) in [5.74, 6) is -1.44. The number of anilines is 2. The molecule has 166 valence electrons. The third-order valence-corrected chi connectivity index (χ3v) is 6.34. The van der Waals surface area contributed by atoms with Gasteiger partial charge in [0.05, 0.1) is 5.02 Å². The van der Waals surface area contributed by atoms with Crippen LogP contribution in [0.25, 0.3) is 0 Å². The van der Waals surface area contributed by atoms with Crippen molar-refractivity contribution in [2.45, 2.75) is 18.8 Å². The summed E-state index contributed by atoms with van der Waals surface area (Å²) in [6.07, 6.45) is 1.57. The number of benzene rings is 2. The van der Waals surface area contributed by atoms with Crippen molar-refractivity contribution in [3.05, 3.63) is 69.1 Å². The van der Waals surface area contributed by atoms with Crippen LogP contribution in [0, 0.1) is 11.6 Å². The van der Waals surface area contributed by atoms with E-state index in [-0.39, 0.29) is 22.0 Å². The number of carbonyl (C=O) groups is 2. The average molecular weight is 478 g/mol. The third kappa shape index (κ3) is 5.20. The van der Waals surface area contributed by atoms with Crippen LogP contribution in [0.3, 0.4) is 0 Å². The van der Waals surface area contributed by atoms with Crippen LogP contribution < -0.4 is 10.6 Å². The topological polar surface area (TPSA) is 87.2 Å². The molecule has 4 rings (SSSR count). The number of likely N-dealkylation sites (tertiary alicyclic amines) is 1. The first-order chi connectivity index (χ1) is 15.4. The van der Waals surface area contributed by atoms with E-state index in [0.29, 0.717) is 29.5 Å². The molecule has 0 bridgehead atoms. The van der Waals surface area contributed by atoms with Crippen molar-refractivity contribution in [2.24, 2.45) is 0 Å². The Kier molecular flexibility index (Phi) is 6.61. The molecule has 32 heavy (non-hydrogen) atoms. The highest BCUT2D eigenvalue weighted by atomic mass is 35.5. The lowest BCUT2D eigenvalue weighted by Gasteiger charge is -2.31. The molecule has 2 heterocycles. The van der Waals surface area contributed by atoms with E-state index in [4.69, 9.17) is 11.6 Å². The molecule has 1 aromatic heterocycles. The molecule has 3 aromatic rings. The van der Waals surface area contributed by atoms with Crippen LogP contribution >= 0.6 is 22.9 Å². The second-order valence-electron chi connectivity index (χ2n) is 7.25. The lowest BCUT2D eigenvalue weighted by molar-refractivity contribution is 0.102. The van der Waals surface area contributed by atoms with Gasteiger partial charge in [-0.1, -0.05) is 22.9 Å². The van der Waals surface area contributed by atoms with E-state index >= 15 is 0 Å². The summed E-state index contributed by atoms with van der Waals surface area (Å²) in [5.41, 5.74) is 0.855. The summed E-state index contributed by atoms with van der Waals surface area (Å²) in [7, 11) is 0. The van der Waals surface area contributed by atoms with Crippen LogP contribution in [-0.4, -0.2) is 40.1 Å². The first-order valence-electron chi connectivity index (χ1n) is 9.80. The predicted octanol–water partition coefficient (Wildman–Crippen LogP) is 5.13. The second kappa shape index (κ2) is 9.58. The van der Waals surface area contributed by atoms with E-state index in [0.717, 1.165) is 12.8 Å². The second-order valence-corrected chi connectivity index (χ2v) is 8.67. The van der Waals surface area contributed by atoms with Crippen LogP contribution in [-0.2, 0) is 0 Å². The summed E-state index contributed by atoms with van der Waals surface area (Å²) in [5, 5.41) is 14.3. The number of hydrogen-bond acceptors (Lipinski definition) is 5. The van der Waals surface area contributed by atoms with Crippen molar-refractivity contribution >= 4 is 46.3 Å². The number of halogens is 3. The highest BCUT2D eigenvalue weighted by Gasteiger charge is 2.28. The predicted molar refractivity (Wildman–Crippen MR) is 118 cm³/mol. The summed E-state index contributed by atoms with van der Waals surface area (Å²) in [6, 6.07) is 9.09. The molecular formula is C21H18ClF2N5O2S. The quantitative estimate of drug-likeness (QED) is 0.545. The molecule has 1 atom stereocenters. The fraction of sp³-hybridized carbons (Fsp3) is 0.238. The molecule has 2 aromatic carbocycles. The number of piperidine rings is 1. The number of rotatable bonds is 4. The average Bonchev–Trinajstić information content (AvgIpc) is 3.28. The van der Waals surface area contributed by atoms with Crippen LogP contribution in [0.4, 0.5) is 25.0 Å². The van der Waals surface area contributed by atoms with Crippen molar-refractivity contribution < 1.29 is 18.4 Å². The largest absolute Gasteiger partial charge is 0.324 e. The number of carbonyl (C=O) groups excluding carboxylic acids is 2. The molecule has 0 radical (unpaired) electrons. The zero-order chi connectivity index (χ0) is 22.7. The van der Waals surface area contributed by atoms with Crippen molar-refractivity contribution in [3.63, 3.8) is 0 Å². The molecule has 0 aliphatic carbocycles. The first kappa shape index (κ1) is 22.1. The standard InChI is InChI=1S/C21H18ClF2N5O2S/c22-16-10-15(7-8-17(16)24)26-21(31)29-9-1-2-12(11-29)19-27-28-20(32-19)18(30)25-14-5-3-13(23)4-6-14/h3-8,10,12H,1-2,9,11H2,(H,25,30)(H,26,31)/t12-/m1/s1. The van der Waals surface area contributed by atoms with E-state index in [9.17, 15) is 18.4 Å². The van der Waals surface area contributed by atoms with Gasteiger partial charge in [0.2, 0.25) is 5.01 Å². The van der Waals surface area contributed by atoms with Crippen molar-refractivity contribution in [1.29, 1.82) is 0 Å². The maximum absolute atomic E-state index is 13.3. The van der Waals surface area contributed by atoms with Gasteiger partial charge in [0.1, 0.15) is 16.6 Å².